The summed E-state index contributed by atoms with van der Waals surface area (Å²) in [6.07, 6.45) is -3.10. The highest BCUT2D eigenvalue weighted by molar-refractivity contribution is 5.74. The number of morpholine rings is 1. The number of rotatable bonds is 2. The largest absolute Gasteiger partial charge is 0.416 e. The predicted octanol–water partition coefficient (Wildman–Crippen LogP) is 2.59. The van der Waals surface area contributed by atoms with Gasteiger partial charge in [-0.3, -0.25) is 0 Å². The number of aromatic nitrogens is 2. The standard InChI is InChI=1S/C16H19F3N4O2/c1-15(2)10-22(9-13(25-15)16(17,18)19)14(24)20-7-11-8-21-23-6-4-3-5-12(11)23/h3-6,8,13H,7,9-10H2,1-2H3,(H,20,24). The van der Waals surface area contributed by atoms with Gasteiger partial charge in [-0.05, 0) is 26.0 Å². The molecule has 3 rings (SSSR count). The van der Waals surface area contributed by atoms with Gasteiger partial charge in [0, 0.05) is 18.3 Å². The van der Waals surface area contributed by atoms with Gasteiger partial charge in [-0.25, -0.2) is 9.31 Å². The molecule has 2 aromatic heterocycles. The van der Waals surface area contributed by atoms with Gasteiger partial charge in [0.1, 0.15) is 0 Å². The molecule has 1 saturated heterocycles. The minimum Gasteiger partial charge on any atom is -0.359 e. The molecule has 1 aliphatic rings. The summed E-state index contributed by atoms with van der Waals surface area (Å²) in [5.74, 6) is 0. The van der Waals surface area contributed by atoms with Crippen molar-refractivity contribution in [1.29, 1.82) is 0 Å². The molecule has 6 nitrogen and oxygen atoms in total. The first-order chi connectivity index (χ1) is 11.7. The Balaban J connectivity index is 1.68. The van der Waals surface area contributed by atoms with Gasteiger partial charge >= 0.3 is 12.2 Å². The van der Waals surface area contributed by atoms with Crippen LogP contribution in [0.2, 0.25) is 0 Å². The SMILES string of the molecule is CC1(C)CN(C(=O)NCc2cnn3ccccc23)CC(C(F)(F)F)O1. The quantitative estimate of drug-likeness (QED) is 0.900. The van der Waals surface area contributed by atoms with E-state index in [2.05, 4.69) is 10.4 Å². The fourth-order valence-electron chi connectivity index (χ4n) is 2.92. The Morgan fingerprint density at radius 1 is 1.44 bits per heavy atom. The summed E-state index contributed by atoms with van der Waals surface area (Å²) >= 11 is 0. The van der Waals surface area contributed by atoms with Crippen LogP contribution in [0, 0.1) is 0 Å². The molecule has 25 heavy (non-hydrogen) atoms. The number of nitrogens with zero attached hydrogens (tertiary/aromatic N) is 3. The zero-order valence-electron chi connectivity index (χ0n) is 13.9. The molecule has 136 valence electrons. The van der Waals surface area contributed by atoms with E-state index in [1.807, 2.05) is 18.2 Å². The van der Waals surface area contributed by atoms with E-state index in [4.69, 9.17) is 4.74 Å². The summed E-state index contributed by atoms with van der Waals surface area (Å²) in [4.78, 5) is 13.5. The molecule has 9 heteroatoms. The lowest BCUT2D eigenvalue weighted by molar-refractivity contribution is -0.267. The van der Waals surface area contributed by atoms with Crippen LogP contribution >= 0.6 is 0 Å². The van der Waals surface area contributed by atoms with E-state index in [-0.39, 0.29) is 13.1 Å². The first-order valence-corrected chi connectivity index (χ1v) is 7.84. The van der Waals surface area contributed by atoms with Gasteiger partial charge in [0.25, 0.3) is 0 Å². The summed E-state index contributed by atoms with van der Waals surface area (Å²) in [5.41, 5.74) is 0.548. The fraction of sp³-hybridized carbons (Fsp3) is 0.500. The summed E-state index contributed by atoms with van der Waals surface area (Å²) < 4.78 is 45.8. The second kappa shape index (κ2) is 6.21. The monoisotopic (exact) mass is 356 g/mol. The number of amides is 2. The normalized spacial score (nSPS) is 20.7. The topological polar surface area (TPSA) is 58.9 Å². The van der Waals surface area contributed by atoms with Crippen LogP contribution in [0.4, 0.5) is 18.0 Å². The van der Waals surface area contributed by atoms with Crippen LogP contribution in [0.25, 0.3) is 5.52 Å². The maximum absolute atomic E-state index is 13.0. The Hall–Kier alpha value is -2.29. The van der Waals surface area contributed by atoms with Crippen molar-refractivity contribution in [3.05, 3.63) is 36.2 Å². The maximum atomic E-state index is 13.0. The number of fused-ring (bicyclic) bond motifs is 1. The molecule has 2 aromatic rings. The Labute approximate surface area is 142 Å². The third kappa shape index (κ3) is 3.87. The average Bonchev–Trinajstić information content (AvgIpc) is 2.93. The molecule has 3 heterocycles. The van der Waals surface area contributed by atoms with Gasteiger partial charge in [0.15, 0.2) is 6.10 Å². The minimum atomic E-state index is -4.52. The molecule has 1 N–H and O–H groups in total. The molecule has 0 bridgehead atoms. The summed E-state index contributed by atoms with van der Waals surface area (Å²) in [7, 11) is 0. The van der Waals surface area contributed by atoms with Gasteiger partial charge < -0.3 is 15.0 Å². The van der Waals surface area contributed by atoms with E-state index < -0.39 is 30.5 Å². The summed E-state index contributed by atoms with van der Waals surface area (Å²) in [6, 6.07) is 4.98. The molecule has 0 spiro atoms. The van der Waals surface area contributed by atoms with Crippen LogP contribution in [-0.2, 0) is 11.3 Å². The molecular formula is C16H19F3N4O2. The molecule has 0 saturated carbocycles. The Bertz CT molecular complexity index is 772. The van der Waals surface area contributed by atoms with Crippen LogP contribution in [0.15, 0.2) is 30.6 Å². The van der Waals surface area contributed by atoms with Crippen LogP contribution in [0.3, 0.4) is 0 Å². The minimum absolute atomic E-state index is 0.0835. The van der Waals surface area contributed by atoms with Crippen molar-refractivity contribution in [3.63, 3.8) is 0 Å². The van der Waals surface area contributed by atoms with Crippen molar-refractivity contribution in [1.82, 2.24) is 19.8 Å². The molecule has 1 atom stereocenters. The fourth-order valence-corrected chi connectivity index (χ4v) is 2.92. The lowest BCUT2D eigenvalue weighted by atomic mass is 10.1. The van der Waals surface area contributed by atoms with Crippen molar-refractivity contribution in [3.8, 4) is 0 Å². The third-order valence-corrected chi connectivity index (χ3v) is 4.01. The number of carbonyl (C=O) groups excluding carboxylic acids is 1. The van der Waals surface area contributed by atoms with Gasteiger partial charge in [0.2, 0.25) is 0 Å². The average molecular weight is 356 g/mol. The molecule has 2 amide bonds. The van der Waals surface area contributed by atoms with Crippen molar-refractivity contribution < 1.29 is 22.7 Å². The number of hydrogen-bond donors (Lipinski definition) is 1. The lowest BCUT2D eigenvalue weighted by Crippen LogP contribution is -2.60. The number of halogens is 3. The van der Waals surface area contributed by atoms with Crippen molar-refractivity contribution in [2.45, 2.75) is 38.3 Å². The van der Waals surface area contributed by atoms with Crippen LogP contribution in [0.5, 0.6) is 0 Å². The van der Waals surface area contributed by atoms with E-state index in [0.29, 0.717) is 0 Å². The van der Waals surface area contributed by atoms with E-state index in [1.165, 1.54) is 13.8 Å². The summed E-state index contributed by atoms with van der Waals surface area (Å²) in [5, 5.41) is 6.83. The highest BCUT2D eigenvalue weighted by Crippen LogP contribution is 2.31. The number of pyridine rings is 1. The molecule has 0 radical (unpaired) electrons. The van der Waals surface area contributed by atoms with Crippen LogP contribution in [-0.4, -0.2) is 51.5 Å². The second-order valence-electron chi connectivity index (χ2n) is 6.65. The van der Waals surface area contributed by atoms with Gasteiger partial charge in [-0.2, -0.15) is 18.3 Å². The number of ether oxygens (including phenoxy) is 1. The smallest absolute Gasteiger partial charge is 0.359 e. The number of nitrogens with one attached hydrogen (secondary N) is 1. The second-order valence-corrected chi connectivity index (χ2v) is 6.65. The van der Waals surface area contributed by atoms with E-state index in [9.17, 15) is 18.0 Å². The number of alkyl halides is 3. The molecular weight excluding hydrogens is 337 g/mol. The van der Waals surface area contributed by atoms with Gasteiger partial charge in [-0.1, -0.05) is 6.07 Å². The van der Waals surface area contributed by atoms with Crippen LogP contribution in [0.1, 0.15) is 19.4 Å². The van der Waals surface area contributed by atoms with Gasteiger partial charge in [-0.15, -0.1) is 0 Å². The number of urea groups is 1. The van der Waals surface area contributed by atoms with E-state index >= 15 is 0 Å². The van der Waals surface area contributed by atoms with Crippen molar-refractivity contribution >= 4 is 11.5 Å². The van der Waals surface area contributed by atoms with Crippen molar-refractivity contribution in [2.24, 2.45) is 0 Å². The lowest BCUT2D eigenvalue weighted by Gasteiger charge is -2.43. The number of hydrogen-bond acceptors (Lipinski definition) is 3. The first kappa shape index (κ1) is 17.5. The van der Waals surface area contributed by atoms with E-state index in [0.717, 1.165) is 16.0 Å². The highest BCUT2D eigenvalue weighted by Gasteiger charge is 2.49. The molecule has 0 aliphatic carbocycles. The van der Waals surface area contributed by atoms with Gasteiger partial charge in [0.05, 0.1) is 30.4 Å². The molecule has 1 aliphatic heterocycles. The van der Waals surface area contributed by atoms with E-state index in [1.54, 1.807) is 16.9 Å². The molecule has 0 aromatic carbocycles. The first-order valence-electron chi connectivity index (χ1n) is 7.84. The Morgan fingerprint density at radius 2 is 2.20 bits per heavy atom. The Morgan fingerprint density at radius 3 is 2.92 bits per heavy atom. The zero-order chi connectivity index (χ0) is 18.2. The summed E-state index contributed by atoms with van der Waals surface area (Å²) in [6.45, 7) is 2.82. The number of carbonyl (C=O) groups is 1. The maximum Gasteiger partial charge on any atom is 0.416 e. The predicted molar refractivity (Wildman–Crippen MR) is 84.0 cm³/mol. The highest BCUT2D eigenvalue weighted by atomic mass is 19.4. The zero-order valence-corrected chi connectivity index (χ0v) is 13.9. The van der Waals surface area contributed by atoms with Crippen LogP contribution < -0.4 is 5.32 Å². The molecule has 1 fully saturated rings. The third-order valence-electron chi connectivity index (χ3n) is 4.01. The van der Waals surface area contributed by atoms with Crippen molar-refractivity contribution in [2.75, 3.05) is 13.1 Å². The Kier molecular flexibility index (Phi) is 4.36. The molecule has 1 unspecified atom stereocenters.